The fourth-order valence-corrected chi connectivity index (χ4v) is 5.03. The Morgan fingerprint density at radius 3 is 2.81 bits per heavy atom. The van der Waals surface area contributed by atoms with Gasteiger partial charge < -0.3 is 5.21 Å². The smallest absolute Gasteiger partial charge is 0.166 e. The number of hydroxylamine groups is 2. The molecular formula is C13H24N4O3S. The zero-order valence-corrected chi connectivity index (χ0v) is 13.3. The van der Waals surface area contributed by atoms with Gasteiger partial charge in [-0.1, -0.05) is 13.3 Å². The van der Waals surface area contributed by atoms with E-state index in [1.54, 1.807) is 4.90 Å². The van der Waals surface area contributed by atoms with Crippen molar-refractivity contribution in [2.24, 2.45) is 11.8 Å². The molecular weight excluding hydrogens is 292 g/mol. The van der Waals surface area contributed by atoms with Crippen LogP contribution in [0.3, 0.4) is 0 Å². The van der Waals surface area contributed by atoms with Gasteiger partial charge in [-0.15, -0.1) is 0 Å². The van der Waals surface area contributed by atoms with Crippen LogP contribution in [-0.4, -0.2) is 54.9 Å². The summed E-state index contributed by atoms with van der Waals surface area (Å²) in [6.45, 7) is 2.51. The Morgan fingerprint density at radius 2 is 2.19 bits per heavy atom. The van der Waals surface area contributed by atoms with Crippen molar-refractivity contribution in [3.05, 3.63) is 5.21 Å². The number of nitrogens with two attached hydrogens (primary N) is 1. The number of hydrogen-bond acceptors (Lipinski definition) is 6. The number of nitriles is 1. The van der Waals surface area contributed by atoms with E-state index in [0.29, 0.717) is 5.92 Å². The highest BCUT2D eigenvalue weighted by atomic mass is 32.2. The van der Waals surface area contributed by atoms with Gasteiger partial charge in [-0.25, -0.2) is 8.42 Å². The van der Waals surface area contributed by atoms with Crippen molar-refractivity contribution in [3.63, 3.8) is 0 Å². The summed E-state index contributed by atoms with van der Waals surface area (Å²) < 4.78 is 22.3. The molecule has 0 radical (unpaired) electrons. The minimum Gasteiger partial charge on any atom is -0.611 e. The zero-order chi connectivity index (χ0) is 15.7. The molecule has 1 heterocycles. The van der Waals surface area contributed by atoms with E-state index in [-0.39, 0.29) is 30.8 Å². The van der Waals surface area contributed by atoms with Crippen molar-refractivity contribution in [2.75, 3.05) is 24.7 Å². The molecule has 2 aliphatic rings. The number of rotatable bonds is 4. The summed E-state index contributed by atoms with van der Waals surface area (Å²) in [5.41, 5.74) is 0. The third-order valence-electron chi connectivity index (χ3n) is 4.63. The first kappa shape index (κ1) is 16.6. The monoisotopic (exact) mass is 316 g/mol. The predicted molar refractivity (Wildman–Crippen MR) is 78.9 cm³/mol. The third-order valence-corrected chi connectivity index (χ3v) is 6.18. The van der Waals surface area contributed by atoms with E-state index in [1.165, 1.54) is 0 Å². The number of nitrogens with zero attached hydrogens (tertiary/aromatic N) is 3. The number of hydrogen-bond donors (Lipinski definition) is 1. The van der Waals surface area contributed by atoms with Crippen molar-refractivity contribution in [3.8, 4) is 6.07 Å². The largest absolute Gasteiger partial charge is 0.611 e. The zero-order valence-electron chi connectivity index (χ0n) is 12.4. The second-order valence-corrected chi connectivity index (χ2v) is 8.58. The summed E-state index contributed by atoms with van der Waals surface area (Å²) in [4.78, 5) is 1.55. The van der Waals surface area contributed by atoms with Crippen molar-refractivity contribution < 1.29 is 13.2 Å². The average molecular weight is 316 g/mol. The van der Waals surface area contributed by atoms with Gasteiger partial charge in [0, 0.05) is 12.8 Å². The summed E-state index contributed by atoms with van der Waals surface area (Å²) in [6, 6.07) is 1.22. The van der Waals surface area contributed by atoms with Crippen molar-refractivity contribution >= 4 is 9.84 Å². The van der Waals surface area contributed by atoms with E-state index in [9.17, 15) is 13.6 Å². The second kappa shape index (κ2) is 6.18. The van der Waals surface area contributed by atoms with Gasteiger partial charge in [0.15, 0.2) is 9.84 Å². The molecule has 21 heavy (non-hydrogen) atoms. The first-order valence-corrected chi connectivity index (χ1v) is 9.27. The van der Waals surface area contributed by atoms with Crippen LogP contribution in [-0.2, 0) is 9.84 Å². The van der Waals surface area contributed by atoms with Crippen molar-refractivity contribution in [1.82, 2.24) is 4.90 Å². The molecule has 7 nitrogen and oxygen atoms in total. The van der Waals surface area contributed by atoms with Crippen LogP contribution in [0.25, 0.3) is 0 Å². The lowest BCUT2D eigenvalue weighted by Gasteiger charge is -2.46. The van der Waals surface area contributed by atoms with Crippen LogP contribution in [0.2, 0.25) is 0 Å². The predicted octanol–water partition coefficient (Wildman–Crippen LogP) is 0.333. The maximum absolute atomic E-state index is 12.6. The highest BCUT2D eigenvalue weighted by Crippen LogP contribution is 2.29. The third kappa shape index (κ3) is 4.14. The van der Waals surface area contributed by atoms with Gasteiger partial charge in [-0.3, -0.25) is 9.66 Å². The molecule has 0 amide bonds. The number of sulfone groups is 1. The standard InChI is InChI=1S/C13H24N4O3S/c1-11-3-2-4-13(7-11)17(15,18)6-5-16-10-21(19,20)9-12(16)8-14/h11-13H,2-7,9-10,15H2,1H3. The van der Waals surface area contributed by atoms with Crippen LogP contribution in [0, 0.1) is 22.5 Å². The van der Waals surface area contributed by atoms with E-state index in [2.05, 4.69) is 6.92 Å². The number of quaternary nitrogens is 1. The first-order chi connectivity index (χ1) is 9.73. The van der Waals surface area contributed by atoms with E-state index in [1.807, 2.05) is 6.07 Å². The maximum atomic E-state index is 12.6. The molecule has 0 spiro atoms. The van der Waals surface area contributed by atoms with Gasteiger partial charge in [-0.2, -0.15) is 11.1 Å². The molecule has 1 aliphatic carbocycles. The average Bonchev–Trinajstić information content (AvgIpc) is 2.71. The molecule has 4 unspecified atom stereocenters. The topological polar surface area (TPSA) is 110 Å². The Labute approximate surface area is 126 Å². The van der Waals surface area contributed by atoms with Crippen LogP contribution in [0.5, 0.6) is 0 Å². The molecule has 0 bridgehead atoms. The fourth-order valence-electron chi connectivity index (χ4n) is 3.35. The Kier molecular flexibility index (Phi) is 4.90. The Hall–Kier alpha value is -0.720. The molecule has 0 aromatic carbocycles. The summed E-state index contributed by atoms with van der Waals surface area (Å²) >= 11 is 0. The summed E-state index contributed by atoms with van der Waals surface area (Å²) in [7, 11) is -3.20. The molecule has 1 saturated carbocycles. The molecule has 120 valence electrons. The maximum Gasteiger partial charge on any atom is 0.166 e. The quantitative estimate of drug-likeness (QED) is 0.455. The summed E-state index contributed by atoms with van der Waals surface area (Å²) in [6.07, 6.45) is 3.80. The molecule has 0 aromatic heterocycles. The van der Waals surface area contributed by atoms with Gasteiger partial charge in [0.1, 0.15) is 24.5 Å². The minimum absolute atomic E-state index is 0.117. The first-order valence-electron chi connectivity index (χ1n) is 7.45. The molecule has 2 rings (SSSR count). The normalized spacial score (nSPS) is 36.0. The minimum atomic E-state index is -3.20. The SMILES string of the molecule is CC1CCCC([N+](N)([O-])CCN2CS(=O)(=O)CC2C#N)C1. The summed E-state index contributed by atoms with van der Waals surface area (Å²) in [5.74, 6) is 6.13. The van der Waals surface area contributed by atoms with Crippen LogP contribution in [0.4, 0.5) is 0 Å². The highest BCUT2D eigenvalue weighted by Gasteiger charge is 2.37. The van der Waals surface area contributed by atoms with Crippen LogP contribution >= 0.6 is 0 Å². The molecule has 2 N–H and O–H groups in total. The van der Waals surface area contributed by atoms with E-state index in [4.69, 9.17) is 11.1 Å². The van der Waals surface area contributed by atoms with Gasteiger partial charge >= 0.3 is 0 Å². The molecule has 8 heteroatoms. The molecule has 4 atom stereocenters. The van der Waals surface area contributed by atoms with Gasteiger partial charge in [0.25, 0.3) is 0 Å². The highest BCUT2D eigenvalue weighted by molar-refractivity contribution is 7.91. The lowest BCUT2D eigenvalue weighted by Crippen LogP contribution is -2.60. The van der Waals surface area contributed by atoms with Crippen molar-refractivity contribution in [2.45, 2.75) is 44.7 Å². The fraction of sp³-hybridized carbons (Fsp3) is 0.923. The Bertz CT molecular complexity index is 514. The van der Waals surface area contributed by atoms with E-state index >= 15 is 0 Å². The van der Waals surface area contributed by atoms with Crippen LogP contribution < -0.4 is 5.84 Å². The lowest BCUT2D eigenvalue weighted by molar-refractivity contribution is -0.918. The molecule has 0 aromatic rings. The van der Waals surface area contributed by atoms with E-state index < -0.39 is 20.6 Å². The van der Waals surface area contributed by atoms with Gasteiger partial charge in [0.2, 0.25) is 0 Å². The molecule has 2 fully saturated rings. The van der Waals surface area contributed by atoms with Gasteiger partial charge in [-0.05, 0) is 12.3 Å². The Morgan fingerprint density at radius 1 is 1.48 bits per heavy atom. The lowest BCUT2D eigenvalue weighted by atomic mass is 9.86. The Balaban J connectivity index is 1.93. The van der Waals surface area contributed by atoms with Crippen LogP contribution in [0.1, 0.15) is 32.6 Å². The molecule has 1 saturated heterocycles. The molecule has 1 aliphatic heterocycles. The van der Waals surface area contributed by atoms with Crippen molar-refractivity contribution in [1.29, 1.82) is 5.26 Å². The summed E-state index contributed by atoms with van der Waals surface area (Å²) in [5, 5.41) is 21.6. The van der Waals surface area contributed by atoms with Gasteiger partial charge in [0.05, 0.1) is 18.4 Å². The second-order valence-electron chi connectivity index (χ2n) is 6.50. The van der Waals surface area contributed by atoms with Crippen LogP contribution in [0.15, 0.2) is 0 Å². The van der Waals surface area contributed by atoms with E-state index in [0.717, 1.165) is 25.7 Å².